The van der Waals surface area contributed by atoms with Crippen LogP contribution in [0.25, 0.3) is 10.4 Å². The molecule has 0 aromatic heterocycles. The number of rotatable bonds is 15. The Morgan fingerprint density at radius 2 is 1.54 bits per heavy atom. The highest BCUT2D eigenvalue weighted by Gasteiger charge is 2.21. The Hall–Kier alpha value is -2.07. The smallest absolute Gasteiger partial charge is 0.410 e. The number of carbonyl (C=O) groups excluding carboxylic acids is 2. The Morgan fingerprint density at radius 3 is 2.07 bits per heavy atom. The standard InChI is InChI=1S/C17H32N4O7/c1-17(2,3)28-16(23)21(7-6-19-20-18)8-10-26-12-14-27-13-11-25-9-5-15(22)24-4/h5-14H2,1-4H3. The Labute approximate surface area is 165 Å². The summed E-state index contributed by atoms with van der Waals surface area (Å²) in [6.45, 7) is 8.17. The van der Waals surface area contributed by atoms with Crippen LogP contribution in [0.2, 0.25) is 0 Å². The molecule has 0 aliphatic rings. The fourth-order valence-electron chi connectivity index (χ4n) is 1.81. The molecule has 0 heterocycles. The van der Waals surface area contributed by atoms with Gasteiger partial charge >= 0.3 is 12.1 Å². The van der Waals surface area contributed by atoms with Gasteiger partial charge in [-0.15, -0.1) is 0 Å². The zero-order chi connectivity index (χ0) is 21.3. The topological polar surface area (TPSA) is 132 Å². The first kappa shape index (κ1) is 25.9. The number of azide groups is 1. The van der Waals surface area contributed by atoms with E-state index in [0.717, 1.165) is 0 Å². The van der Waals surface area contributed by atoms with E-state index in [1.807, 2.05) is 0 Å². The zero-order valence-corrected chi connectivity index (χ0v) is 17.2. The largest absolute Gasteiger partial charge is 0.469 e. The first-order valence-electron chi connectivity index (χ1n) is 9.09. The summed E-state index contributed by atoms with van der Waals surface area (Å²) >= 11 is 0. The van der Waals surface area contributed by atoms with Gasteiger partial charge in [-0.25, -0.2) is 4.79 Å². The summed E-state index contributed by atoms with van der Waals surface area (Å²) < 4.78 is 25.8. The van der Waals surface area contributed by atoms with Gasteiger partial charge < -0.3 is 28.6 Å². The van der Waals surface area contributed by atoms with E-state index < -0.39 is 11.7 Å². The lowest BCUT2D eigenvalue weighted by Gasteiger charge is -2.27. The number of hydrogen-bond acceptors (Lipinski definition) is 8. The molecule has 0 aromatic rings. The quantitative estimate of drug-likeness (QED) is 0.134. The minimum Gasteiger partial charge on any atom is -0.469 e. The van der Waals surface area contributed by atoms with Gasteiger partial charge in [-0.3, -0.25) is 4.79 Å². The van der Waals surface area contributed by atoms with E-state index in [9.17, 15) is 9.59 Å². The van der Waals surface area contributed by atoms with Gasteiger partial charge in [0.05, 0.1) is 53.2 Å². The fourth-order valence-corrected chi connectivity index (χ4v) is 1.81. The maximum absolute atomic E-state index is 12.2. The normalized spacial score (nSPS) is 10.9. The highest BCUT2D eigenvalue weighted by atomic mass is 16.6. The molecule has 0 fully saturated rings. The number of esters is 1. The molecule has 162 valence electrons. The molecule has 0 unspecified atom stereocenters. The second-order valence-electron chi connectivity index (χ2n) is 6.59. The van der Waals surface area contributed by atoms with Gasteiger partial charge in [0.1, 0.15) is 5.60 Å². The monoisotopic (exact) mass is 404 g/mol. The molecule has 0 bridgehead atoms. The Bertz CT molecular complexity index is 490. The molecule has 0 atom stereocenters. The van der Waals surface area contributed by atoms with E-state index >= 15 is 0 Å². The van der Waals surface area contributed by atoms with Crippen LogP contribution in [0, 0.1) is 0 Å². The van der Waals surface area contributed by atoms with Crippen molar-refractivity contribution in [3.63, 3.8) is 0 Å². The zero-order valence-electron chi connectivity index (χ0n) is 17.2. The van der Waals surface area contributed by atoms with Gasteiger partial charge in [-0.05, 0) is 26.3 Å². The van der Waals surface area contributed by atoms with Gasteiger partial charge in [-0.2, -0.15) is 0 Å². The van der Waals surface area contributed by atoms with E-state index in [2.05, 4.69) is 14.8 Å². The molecule has 11 nitrogen and oxygen atoms in total. The maximum Gasteiger partial charge on any atom is 0.410 e. The summed E-state index contributed by atoms with van der Waals surface area (Å²) in [5.74, 6) is -0.311. The Morgan fingerprint density at radius 1 is 0.964 bits per heavy atom. The molecule has 0 aliphatic carbocycles. The summed E-state index contributed by atoms with van der Waals surface area (Å²) in [5, 5.41) is 3.44. The minimum absolute atomic E-state index is 0.162. The first-order chi connectivity index (χ1) is 13.3. The number of nitrogens with zero attached hydrogens (tertiary/aromatic N) is 4. The lowest BCUT2D eigenvalue weighted by atomic mass is 10.2. The SMILES string of the molecule is COC(=O)CCOCCOCCOCCN(CCN=[N+]=[N-])C(=O)OC(C)(C)C. The fraction of sp³-hybridized carbons (Fsp3) is 0.882. The van der Waals surface area contributed by atoms with Crippen LogP contribution in [0.1, 0.15) is 27.2 Å². The molecule has 0 radical (unpaired) electrons. The molecule has 0 aliphatic heterocycles. The number of methoxy groups -OCH3 is 1. The maximum atomic E-state index is 12.2. The van der Waals surface area contributed by atoms with Crippen LogP contribution in [0.15, 0.2) is 5.11 Å². The third-order valence-electron chi connectivity index (χ3n) is 3.11. The number of ether oxygens (including phenoxy) is 5. The van der Waals surface area contributed by atoms with Crippen molar-refractivity contribution in [1.29, 1.82) is 0 Å². The van der Waals surface area contributed by atoms with Crippen molar-refractivity contribution >= 4 is 12.1 Å². The predicted molar refractivity (Wildman–Crippen MR) is 101 cm³/mol. The first-order valence-corrected chi connectivity index (χ1v) is 9.09. The summed E-state index contributed by atoms with van der Waals surface area (Å²) in [4.78, 5) is 27.1. The lowest BCUT2D eigenvalue weighted by Crippen LogP contribution is -2.40. The number of carbonyl (C=O) groups is 2. The molecule has 0 saturated carbocycles. The van der Waals surface area contributed by atoms with Crippen molar-refractivity contribution < 1.29 is 33.3 Å². The van der Waals surface area contributed by atoms with Gasteiger partial charge in [0.25, 0.3) is 0 Å². The van der Waals surface area contributed by atoms with Crippen LogP contribution in [-0.4, -0.2) is 88.9 Å². The van der Waals surface area contributed by atoms with Crippen molar-refractivity contribution in [1.82, 2.24) is 4.90 Å². The van der Waals surface area contributed by atoms with E-state index in [1.54, 1.807) is 20.8 Å². The van der Waals surface area contributed by atoms with Gasteiger partial charge in [0, 0.05) is 24.5 Å². The van der Waals surface area contributed by atoms with Crippen LogP contribution in [-0.2, 0) is 28.5 Å². The number of amides is 1. The lowest BCUT2D eigenvalue weighted by molar-refractivity contribution is -0.141. The molecule has 0 spiro atoms. The van der Waals surface area contributed by atoms with E-state index in [4.69, 9.17) is 24.5 Å². The second-order valence-corrected chi connectivity index (χ2v) is 6.59. The average Bonchev–Trinajstić information content (AvgIpc) is 2.62. The molecular formula is C17H32N4O7. The summed E-state index contributed by atoms with van der Waals surface area (Å²) in [6, 6.07) is 0. The highest BCUT2D eigenvalue weighted by Crippen LogP contribution is 2.09. The molecule has 0 N–H and O–H groups in total. The van der Waals surface area contributed by atoms with E-state index in [0.29, 0.717) is 46.2 Å². The van der Waals surface area contributed by atoms with E-state index in [-0.39, 0.29) is 25.5 Å². The average molecular weight is 404 g/mol. The van der Waals surface area contributed by atoms with Gasteiger partial charge in [0.15, 0.2) is 0 Å². The summed E-state index contributed by atoms with van der Waals surface area (Å²) in [6.07, 6.45) is -0.266. The van der Waals surface area contributed by atoms with Crippen LogP contribution in [0.3, 0.4) is 0 Å². The van der Waals surface area contributed by atoms with Crippen LogP contribution >= 0.6 is 0 Å². The van der Waals surface area contributed by atoms with Crippen molar-refractivity contribution in [3.05, 3.63) is 10.4 Å². The molecule has 0 aromatic carbocycles. The van der Waals surface area contributed by atoms with Gasteiger partial charge in [-0.1, -0.05) is 5.11 Å². The van der Waals surface area contributed by atoms with Crippen LogP contribution in [0.4, 0.5) is 4.79 Å². The van der Waals surface area contributed by atoms with Crippen molar-refractivity contribution in [2.24, 2.45) is 5.11 Å². The molecule has 0 saturated heterocycles. The molecule has 11 heteroatoms. The molecular weight excluding hydrogens is 372 g/mol. The summed E-state index contributed by atoms with van der Waals surface area (Å²) in [7, 11) is 1.33. The highest BCUT2D eigenvalue weighted by molar-refractivity contribution is 5.69. The number of hydrogen-bond donors (Lipinski definition) is 0. The van der Waals surface area contributed by atoms with E-state index in [1.165, 1.54) is 12.0 Å². The van der Waals surface area contributed by atoms with Crippen molar-refractivity contribution in [3.8, 4) is 0 Å². The second kappa shape index (κ2) is 15.9. The Balaban J connectivity index is 3.84. The van der Waals surface area contributed by atoms with Gasteiger partial charge in [0.2, 0.25) is 0 Å². The minimum atomic E-state index is -0.610. The van der Waals surface area contributed by atoms with Crippen molar-refractivity contribution in [2.75, 3.05) is 66.4 Å². The van der Waals surface area contributed by atoms with Crippen LogP contribution in [0.5, 0.6) is 0 Å². The third kappa shape index (κ3) is 16.1. The summed E-state index contributed by atoms with van der Waals surface area (Å²) in [5.41, 5.74) is 7.75. The molecule has 28 heavy (non-hydrogen) atoms. The van der Waals surface area contributed by atoms with Crippen LogP contribution < -0.4 is 0 Å². The van der Waals surface area contributed by atoms with Crippen molar-refractivity contribution in [2.45, 2.75) is 32.8 Å². The third-order valence-corrected chi connectivity index (χ3v) is 3.11. The Kier molecular flexibility index (Phi) is 14.8. The molecule has 1 amide bonds. The predicted octanol–water partition coefficient (Wildman–Crippen LogP) is 2.15. The molecule has 0 rings (SSSR count).